The van der Waals surface area contributed by atoms with Gasteiger partial charge in [-0.1, -0.05) is 35.6 Å². The molecular weight excluding hydrogens is 247 g/mol. The first-order valence-electron chi connectivity index (χ1n) is 4.52. The van der Waals surface area contributed by atoms with Gasteiger partial charge in [-0.15, -0.1) is 12.1 Å². The molecule has 1 radical (unpaired) electrons. The zero-order chi connectivity index (χ0) is 8.85. The summed E-state index contributed by atoms with van der Waals surface area (Å²) >= 11 is 0. The van der Waals surface area contributed by atoms with Gasteiger partial charge in [0.1, 0.15) is 0 Å². The van der Waals surface area contributed by atoms with Crippen molar-refractivity contribution in [2.45, 2.75) is 61.6 Å². The fraction of sp³-hybridized carbons (Fsp3) is 0.833. The van der Waals surface area contributed by atoms with Crippen molar-refractivity contribution < 1.29 is 32.7 Å². The van der Waals surface area contributed by atoms with Crippen molar-refractivity contribution in [2.75, 3.05) is 6.54 Å². The quantitative estimate of drug-likeness (QED) is 0.690. The van der Waals surface area contributed by atoms with Crippen molar-refractivity contribution >= 4 is 0 Å². The molecule has 0 saturated heterocycles. The SMILES string of the molecule is C.C.C[CH-]C(C)N(CC)C(C)[CH-]C.[Y]. The van der Waals surface area contributed by atoms with Crippen LogP contribution in [0.3, 0.4) is 0 Å². The Balaban J connectivity index is -0.000000167. The van der Waals surface area contributed by atoms with Gasteiger partial charge >= 0.3 is 0 Å². The Hall–Kier alpha value is 1.06. The van der Waals surface area contributed by atoms with Gasteiger partial charge in [0.2, 0.25) is 0 Å². The second-order valence-electron chi connectivity index (χ2n) is 2.98. The van der Waals surface area contributed by atoms with E-state index in [4.69, 9.17) is 0 Å². The van der Waals surface area contributed by atoms with E-state index < -0.39 is 0 Å². The molecule has 0 aliphatic heterocycles. The summed E-state index contributed by atoms with van der Waals surface area (Å²) in [4.78, 5) is 2.46. The minimum absolute atomic E-state index is 0. The topological polar surface area (TPSA) is 3.24 Å². The summed E-state index contributed by atoms with van der Waals surface area (Å²) in [6.07, 6.45) is 4.48. The smallest absolute Gasteiger partial charge is 0 e. The van der Waals surface area contributed by atoms with Crippen molar-refractivity contribution in [1.82, 2.24) is 4.90 Å². The van der Waals surface area contributed by atoms with E-state index in [2.05, 4.69) is 52.4 Å². The summed E-state index contributed by atoms with van der Waals surface area (Å²) < 4.78 is 0. The van der Waals surface area contributed by atoms with Crippen LogP contribution in [0.4, 0.5) is 0 Å². The van der Waals surface area contributed by atoms with Crippen LogP contribution in [0.5, 0.6) is 0 Å². The molecule has 2 unspecified atom stereocenters. The molecule has 14 heavy (non-hydrogen) atoms. The third kappa shape index (κ3) is 8.38. The van der Waals surface area contributed by atoms with Crippen LogP contribution in [-0.4, -0.2) is 23.5 Å². The molecule has 87 valence electrons. The number of rotatable bonds is 5. The molecule has 0 aliphatic carbocycles. The molecule has 0 N–H and O–H groups in total. The first kappa shape index (κ1) is 24.3. The summed E-state index contributed by atoms with van der Waals surface area (Å²) in [5.41, 5.74) is 0. The normalized spacial score (nSPS) is 13.3. The predicted octanol–water partition coefficient (Wildman–Crippen LogP) is 3.80. The molecule has 0 spiro atoms. The summed E-state index contributed by atoms with van der Waals surface area (Å²) in [5.74, 6) is 0. The Bertz CT molecular complexity index is 86.3. The van der Waals surface area contributed by atoms with E-state index in [0.29, 0.717) is 12.1 Å². The summed E-state index contributed by atoms with van der Waals surface area (Å²) in [6, 6.07) is 1.18. The molecule has 0 fully saturated rings. The van der Waals surface area contributed by atoms with Crippen molar-refractivity contribution in [3.05, 3.63) is 12.8 Å². The molecule has 0 heterocycles. The van der Waals surface area contributed by atoms with Crippen LogP contribution < -0.4 is 0 Å². The minimum Gasteiger partial charge on any atom is -0.357 e. The molecule has 2 heteroatoms. The minimum atomic E-state index is 0. The third-order valence-corrected chi connectivity index (χ3v) is 2.38. The molecule has 0 saturated carbocycles. The van der Waals surface area contributed by atoms with Gasteiger partial charge in [0.05, 0.1) is 0 Å². The van der Waals surface area contributed by atoms with E-state index in [0.717, 1.165) is 6.54 Å². The van der Waals surface area contributed by atoms with E-state index in [-0.39, 0.29) is 47.6 Å². The third-order valence-electron chi connectivity index (χ3n) is 2.38. The van der Waals surface area contributed by atoms with Crippen molar-refractivity contribution in [1.29, 1.82) is 0 Å². The molecule has 0 aliphatic rings. The van der Waals surface area contributed by atoms with E-state index in [1.54, 1.807) is 0 Å². The molecule has 0 amide bonds. The van der Waals surface area contributed by atoms with E-state index >= 15 is 0 Å². The van der Waals surface area contributed by atoms with E-state index in [1.165, 1.54) is 0 Å². The summed E-state index contributed by atoms with van der Waals surface area (Å²) in [5, 5.41) is 0. The van der Waals surface area contributed by atoms with Gasteiger partial charge in [-0.2, -0.15) is 13.8 Å². The number of nitrogens with zero attached hydrogens (tertiary/aromatic N) is 1. The predicted molar refractivity (Wildman–Crippen MR) is 64.7 cm³/mol. The zero-order valence-electron chi connectivity index (χ0n) is 9.04. The van der Waals surface area contributed by atoms with Crippen LogP contribution in [0, 0.1) is 12.8 Å². The van der Waals surface area contributed by atoms with Gasteiger partial charge in [-0.3, -0.25) is 0 Å². The maximum atomic E-state index is 2.46. The number of hydrogen-bond acceptors (Lipinski definition) is 1. The van der Waals surface area contributed by atoms with Crippen molar-refractivity contribution in [3.63, 3.8) is 0 Å². The van der Waals surface area contributed by atoms with E-state index in [1.807, 2.05) is 0 Å². The molecule has 0 aromatic rings. The molecule has 2 atom stereocenters. The van der Waals surface area contributed by atoms with Gasteiger partial charge in [-0.05, 0) is 6.54 Å². The Kier molecular flexibility index (Phi) is 24.5. The van der Waals surface area contributed by atoms with Gasteiger partial charge in [0, 0.05) is 32.7 Å². The monoisotopic (exact) mass is 276 g/mol. The fourth-order valence-electron chi connectivity index (χ4n) is 1.33. The average molecular weight is 276 g/mol. The molecule has 0 bridgehead atoms. The molecular formula is C12H29NY-2. The molecule has 0 aromatic carbocycles. The molecule has 1 nitrogen and oxygen atoms in total. The van der Waals surface area contributed by atoms with Crippen LogP contribution in [0.25, 0.3) is 0 Å². The first-order valence-corrected chi connectivity index (χ1v) is 4.52. The van der Waals surface area contributed by atoms with Gasteiger partial charge < -0.3 is 17.7 Å². The average Bonchev–Trinajstić information content (AvgIpc) is 2.05. The number of hydrogen-bond donors (Lipinski definition) is 0. The second kappa shape index (κ2) is 14.1. The summed E-state index contributed by atoms with van der Waals surface area (Å²) in [6.45, 7) is 12.1. The Morgan fingerprint density at radius 3 is 1.43 bits per heavy atom. The van der Waals surface area contributed by atoms with Crippen LogP contribution in [-0.2, 0) is 32.7 Å². The Morgan fingerprint density at radius 2 is 1.29 bits per heavy atom. The first-order chi connectivity index (χ1) is 5.17. The second-order valence-corrected chi connectivity index (χ2v) is 2.98. The van der Waals surface area contributed by atoms with Crippen LogP contribution in [0.15, 0.2) is 0 Å². The Morgan fingerprint density at radius 1 is 1.00 bits per heavy atom. The maximum Gasteiger partial charge on any atom is 0 e. The standard InChI is InChI=1S/C10H21N.2CH4.Y/c1-6-9(4)11(8-3)10(5)7-2;;;/h6-7,9-10H,8H2,1-5H3;2*1H4;/q-2;;;. The van der Waals surface area contributed by atoms with Gasteiger partial charge in [-0.25, -0.2) is 0 Å². The fourth-order valence-corrected chi connectivity index (χ4v) is 1.33. The zero-order valence-corrected chi connectivity index (χ0v) is 11.9. The van der Waals surface area contributed by atoms with Gasteiger partial charge in [0.25, 0.3) is 0 Å². The van der Waals surface area contributed by atoms with Crippen LogP contribution in [0.1, 0.15) is 49.5 Å². The summed E-state index contributed by atoms with van der Waals surface area (Å²) in [7, 11) is 0. The van der Waals surface area contributed by atoms with Crippen LogP contribution >= 0.6 is 0 Å². The molecule has 0 rings (SSSR count). The van der Waals surface area contributed by atoms with Crippen LogP contribution in [0.2, 0.25) is 0 Å². The van der Waals surface area contributed by atoms with E-state index in [9.17, 15) is 0 Å². The van der Waals surface area contributed by atoms with Gasteiger partial charge in [0.15, 0.2) is 0 Å². The maximum absolute atomic E-state index is 2.46. The molecule has 0 aromatic heterocycles. The van der Waals surface area contributed by atoms with Crippen molar-refractivity contribution in [3.8, 4) is 0 Å². The Labute approximate surface area is 118 Å². The largest absolute Gasteiger partial charge is 0.357 e. The van der Waals surface area contributed by atoms with Crippen molar-refractivity contribution in [2.24, 2.45) is 0 Å².